The second kappa shape index (κ2) is 8.25. The van der Waals surface area contributed by atoms with Gasteiger partial charge in [-0.15, -0.1) is 0 Å². The highest BCUT2D eigenvalue weighted by atomic mass is 32.2. The van der Waals surface area contributed by atoms with Crippen molar-refractivity contribution in [3.05, 3.63) is 0 Å². The molecular formula is C15H31NO2S. The fourth-order valence-electron chi connectivity index (χ4n) is 3.19. The largest absolute Gasteiger partial charge is 0.314 e. The van der Waals surface area contributed by atoms with Gasteiger partial charge in [0.25, 0.3) is 0 Å². The Kier molecular flexibility index (Phi) is 7.37. The van der Waals surface area contributed by atoms with Gasteiger partial charge in [-0.05, 0) is 31.2 Å². The average Bonchev–Trinajstić information content (AvgIpc) is 2.73. The van der Waals surface area contributed by atoms with E-state index in [1.807, 2.05) is 0 Å². The zero-order valence-electron chi connectivity index (χ0n) is 12.8. The van der Waals surface area contributed by atoms with E-state index in [2.05, 4.69) is 26.1 Å². The molecule has 1 N–H and O–H groups in total. The minimum Gasteiger partial charge on any atom is -0.314 e. The van der Waals surface area contributed by atoms with E-state index in [4.69, 9.17) is 0 Å². The lowest BCUT2D eigenvalue weighted by Crippen LogP contribution is -2.38. The van der Waals surface area contributed by atoms with Crippen LogP contribution in [0.1, 0.15) is 59.3 Å². The van der Waals surface area contributed by atoms with Crippen LogP contribution in [-0.2, 0) is 9.84 Å². The molecule has 4 heteroatoms. The summed E-state index contributed by atoms with van der Waals surface area (Å²) in [5, 5.41) is 3.54. The molecule has 1 heterocycles. The zero-order chi connectivity index (χ0) is 14.3. The predicted molar refractivity (Wildman–Crippen MR) is 82.1 cm³/mol. The number of hydrogen-bond donors (Lipinski definition) is 1. The lowest BCUT2D eigenvalue weighted by Gasteiger charge is -2.27. The van der Waals surface area contributed by atoms with E-state index in [-0.39, 0.29) is 0 Å². The minimum atomic E-state index is -2.76. The smallest absolute Gasteiger partial charge is 0.150 e. The van der Waals surface area contributed by atoms with Gasteiger partial charge < -0.3 is 5.32 Å². The Morgan fingerprint density at radius 2 is 2.00 bits per heavy atom. The third-order valence-corrected chi connectivity index (χ3v) is 6.23. The first-order chi connectivity index (χ1) is 9.02. The quantitative estimate of drug-likeness (QED) is 0.710. The topological polar surface area (TPSA) is 46.2 Å². The molecule has 0 bridgehead atoms. The van der Waals surface area contributed by atoms with Gasteiger partial charge in [0.1, 0.15) is 0 Å². The van der Waals surface area contributed by atoms with Crippen molar-refractivity contribution >= 4 is 9.84 Å². The third-order valence-electron chi connectivity index (χ3n) is 4.43. The van der Waals surface area contributed by atoms with Crippen LogP contribution >= 0.6 is 0 Å². The highest BCUT2D eigenvalue weighted by Gasteiger charge is 2.34. The Morgan fingerprint density at radius 3 is 2.47 bits per heavy atom. The van der Waals surface area contributed by atoms with E-state index < -0.39 is 9.84 Å². The Hall–Kier alpha value is -0.0900. The zero-order valence-corrected chi connectivity index (χ0v) is 13.6. The Balaban J connectivity index is 2.56. The van der Waals surface area contributed by atoms with Gasteiger partial charge in [0.15, 0.2) is 9.84 Å². The maximum absolute atomic E-state index is 11.6. The third kappa shape index (κ3) is 5.82. The molecule has 0 amide bonds. The van der Waals surface area contributed by atoms with Crippen LogP contribution in [0, 0.1) is 11.8 Å². The second-order valence-corrected chi connectivity index (χ2v) is 8.21. The standard InChI is InChI=1S/C15H31NO2S/c1-4-7-8-13(5-2)11-15(16-6-3)14-9-10-19(17,18)12-14/h13-16H,4-12H2,1-3H3. The fourth-order valence-corrected chi connectivity index (χ4v) is 5.07. The molecule has 19 heavy (non-hydrogen) atoms. The van der Waals surface area contributed by atoms with Gasteiger partial charge in [0.05, 0.1) is 11.5 Å². The molecule has 1 saturated heterocycles. The Morgan fingerprint density at radius 1 is 1.26 bits per heavy atom. The monoisotopic (exact) mass is 289 g/mol. The highest BCUT2D eigenvalue weighted by Crippen LogP contribution is 2.28. The van der Waals surface area contributed by atoms with Gasteiger partial charge in [-0.3, -0.25) is 0 Å². The van der Waals surface area contributed by atoms with Gasteiger partial charge in [0, 0.05) is 6.04 Å². The van der Waals surface area contributed by atoms with Crippen LogP contribution in [0.5, 0.6) is 0 Å². The summed E-state index contributed by atoms with van der Waals surface area (Å²) >= 11 is 0. The predicted octanol–water partition coefficient (Wildman–Crippen LogP) is 3.01. The van der Waals surface area contributed by atoms with Gasteiger partial charge in [-0.1, -0.05) is 46.5 Å². The molecule has 0 aromatic carbocycles. The summed E-state index contributed by atoms with van der Waals surface area (Å²) in [5.41, 5.74) is 0. The van der Waals surface area contributed by atoms with E-state index in [1.165, 1.54) is 25.7 Å². The van der Waals surface area contributed by atoms with Crippen LogP contribution < -0.4 is 5.32 Å². The molecule has 3 unspecified atom stereocenters. The van der Waals surface area contributed by atoms with Crippen LogP contribution in [0.3, 0.4) is 0 Å². The second-order valence-electron chi connectivity index (χ2n) is 5.98. The van der Waals surface area contributed by atoms with Gasteiger partial charge in [-0.2, -0.15) is 0 Å². The molecule has 3 atom stereocenters. The molecule has 114 valence electrons. The van der Waals surface area contributed by atoms with Crippen molar-refractivity contribution in [1.82, 2.24) is 5.32 Å². The molecule has 1 rings (SSSR count). The minimum absolute atomic E-state index is 0.334. The summed E-state index contributed by atoms with van der Waals surface area (Å²) in [4.78, 5) is 0. The molecule has 0 spiro atoms. The summed E-state index contributed by atoms with van der Waals surface area (Å²) in [6.07, 6.45) is 7.03. The van der Waals surface area contributed by atoms with Gasteiger partial charge in [-0.25, -0.2) is 8.42 Å². The summed E-state index contributed by atoms with van der Waals surface area (Å²) in [7, 11) is -2.76. The van der Waals surface area contributed by atoms with Crippen LogP contribution in [0.15, 0.2) is 0 Å². The van der Waals surface area contributed by atoms with E-state index in [0.29, 0.717) is 23.5 Å². The molecule has 0 aromatic rings. The van der Waals surface area contributed by atoms with Crippen molar-refractivity contribution in [1.29, 1.82) is 0 Å². The maximum Gasteiger partial charge on any atom is 0.150 e. The fraction of sp³-hybridized carbons (Fsp3) is 1.00. The number of unbranched alkanes of at least 4 members (excludes halogenated alkanes) is 1. The number of rotatable bonds is 9. The van der Waals surface area contributed by atoms with Crippen molar-refractivity contribution < 1.29 is 8.42 Å². The SMILES string of the molecule is CCCCC(CC)CC(NCC)C1CCS(=O)(=O)C1. The summed E-state index contributed by atoms with van der Waals surface area (Å²) < 4.78 is 23.3. The number of nitrogens with one attached hydrogen (secondary N) is 1. The van der Waals surface area contributed by atoms with Crippen LogP contribution in [-0.4, -0.2) is 32.5 Å². The van der Waals surface area contributed by atoms with Crippen molar-refractivity contribution in [3.63, 3.8) is 0 Å². The summed E-state index contributed by atoms with van der Waals surface area (Å²) in [6.45, 7) is 7.54. The van der Waals surface area contributed by atoms with Crippen molar-refractivity contribution in [2.24, 2.45) is 11.8 Å². The van der Waals surface area contributed by atoms with Crippen LogP contribution in [0.25, 0.3) is 0 Å². The summed E-state index contributed by atoms with van der Waals surface area (Å²) in [5.74, 6) is 1.87. The molecule has 0 aliphatic carbocycles. The Labute approximate surface area is 119 Å². The highest BCUT2D eigenvalue weighted by molar-refractivity contribution is 7.91. The first-order valence-corrected chi connectivity index (χ1v) is 9.78. The van der Waals surface area contributed by atoms with Crippen LogP contribution in [0.4, 0.5) is 0 Å². The van der Waals surface area contributed by atoms with Crippen LogP contribution in [0.2, 0.25) is 0 Å². The van der Waals surface area contributed by atoms with E-state index in [0.717, 1.165) is 25.3 Å². The van der Waals surface area contributed by atoms with Gasteiger partial charge in [0.2, 0.25) is 0 Å². The van der Waals surface area contributed by atoms with E-state index in [9.17, 15) is 8.42 Å². The molecule has 1 aliphatic rings. The molecule has 0 saturated carbocycles. The lowest BCUT2D eigenvalue weighted by atomic mass is 9.86. The molecule has 1 aliphatic heterocycles. The molecule has 0 aromatic heterocycles. The maximum atomic E-state index is 11.6. The van der Waals surface area contributed by atoms with Gasteiger partial charge >= 0.3 is 0 Å². The molecular weight excluding hydrogens is 258 g/mol. The lowest BCUT2D eigenvalue weighted by molar-refractivity contribution is 0.293. The van der Waals surface area contributed by atoms with Crippen molar-refractivity contribution in [2.75, 3.05) is 18.1 Å². The summed E-state index contributed by atoms with van der Waals surface area (Å²) in [6, 6.07) is 0.393. The first-order valence-electron chi connectivity index (χ1n) is 7.96. The van der Waals surface area contributed by atoms with Crippen molar-refractivity contribution in [2.45, 2.75) is 65.3 Å². The van der Waals surface area contributed by atoms with Crippen molar-refractivity contribution in [3.8, 4) is 0 Å². The molecule has 0 radical (unpaired) electrons. The number of sulfone groups is 1. The first kappa shape index (κ1) is 17.0. The van der Waals surface area contributed by atoms with E-state index in [1.54, 1.807) is 0 Å². The van der Waals surface area contributed by atoms with E-state index >= 15 is 0 Å². The molecule has 1 fully saturated rings. The number of hydrogen-bond acceptors (Lipinski definition) is 3. The Bertz CT molecular complexity index is 340. The normalized spacial score (nSPS) is 25.3. The average molecular weight is 289 g/mol. The molecule has 3 nitrogen and oxygen atoms in total.